The molecular weight excluding hydrogens is 589 g/mol. The number of fused-ring (bicyclic) bond motifs is 3. The Morgan fingerprint density at radius 3 is 1.54 bits per heavy atom. The van der Waals surface area contributed by atoms with E-state index in [4.69, 9.17) is 0 Å². The van der Waals surface area contributed by atoms with Gasteiger partial charge in [0, 0.05) is 46.0 Å². The van der Waals surface area contributed by atoms with Gasteiger partial charge in [0.25, 0.3) is 11.1 Å². The molecule has 0 saturated carbocycles. The molecule has 5 rings (SSSR count). The lowest BCUT2D eigenvalue weighted by Gasteiger charge is -2.07. The maximum atomic E-state index is 13.4. The number of H-pyrrole nitrogens is 2. The smallest absolute Gasteiger partial charge is 0.251 e. The van der Waals surface area contributed by atoms with Gasteiger partial charge in [0.2, 0.25) is 21.7 Å². The zero-order valence-corrected chi connectivity index (χ0v) is 24.1. The molecule has 4 aromatic rings. The number of aromatic amines is 2. The van der Waals surface area contributed by atoms with Crippen LogP contribution in [-0.2, 0) is 19.4 Å². The van der Waals surface area contributed by atoms with Crippen LogP contribution in [0.5, 0.6) is 0 Å². The highest BCUT2D eigenvalue weighted by Gasteiger charge is 2.33. The van der Waals surface area contributed by atoms with E-state index in [9.17, 15) is 27.6 Å². The van der Waals surface area contributed by atoms with Gasteiger partial charge >= 0.3 is 0 Å². The molecule has 0 unspecified atom stereocenters. The Bertz CT molecular complexity index is 1800. The van der Waals surface area contributed by atoms with E-state index in [0.717, 1.165) is 23.5 Å². The first-order valence-corrected chi connectivity index (χ1v) is 15.5. The molecule has 2 aromatic heterocycles. The third-order valence-electron chi connectivity index (χ3n) is 5.78. The van der Waals surface area contributed by atoms with Crippen molar-refractivity contribution < 1.29 is 18.0 Å². The van der Waals surface area contributed by atoms with Crippen molar-refractivity contribution >= 4 is 56.6 Å². The largest absolute Gasteiger partial charge is 0.325 e. The zero-order valence-electron chi connectivity index (χ0n) is 21.6. The van der Waals surface area contributed by atoms with Crippen LogP contribution in [0.2, 0.25) is 0 Å². The number of amides is 2. The van der Waals surface area contributed by atoms with E-state index >= 15 is 0 Å². The van der Waals surface area contributed by atoms with Crippen LogP contribution in [0.4, 0.5) is 11.4 Å². The Morgan fingerprint density at radius 2 is 1.15 bits per heavy atom. The molecule has 0 aliphatic carbocycles. The summed E-state index contributed by atoms with van der Waals surface area (Å²) in [6, 6.07) is 11.9. The lowest BCUT2D eigenvalue weighted by atomic mass is 10.0. The second kappa shape index (κ2) is 11.3. The summed E-state index contributed by atoms with van der Waals surface area (Å²) in [6.45, 7) is 3.35. The van der Waals surface area contributed by atoms with Crippen LogP contribution in [0, 0.1) is 13.8 Å². The summed E-state index contributed by atoms with van der Waals surface area (Å²) in [6.07, 6.45) is 0. The number of nitrogens with zero attached hydrogens (tertiary/aromatic N) is 2. The maximum absolute atomic E-state index is 13.4. The Labute approximate surface area is 241 Å². The molecule has 1 aliphatic heterocycles. The van der Waals surface area contributed by atoms with Crippen LogP contribution in [0.1, 0.15) is 11.4 Å². The van der Waals surface area contributed by atoms with E-state index in [-0.39, 0.29) is 32.4 Å². The molecule has 0 bridgehead atoms. The summed E-state index contributed by atoms with van der Waals surface area (Å²) < 4.78 is 26.8. The molecule has 0 spiro atoms. The predicted octanol–water partition coefficient (Wildman–Crippen LogP) is 2.74. The molecule has 0 atom stereocenters. The van der Waals surface area contributed by atoms with Crippen LogP contribution in [-0.4, -0.2) is 51.7 Å². The molecule has 2 amide bonds. The van der Waals surface area contributed by atoms with E-state index in [0.29, 0.717) is 44.2 Å². The second-order valence-corrected chi connectivity index (χ2v) is 12.8. The average molecular weight is 611 g/mol. The Hall–Kier alpha value is -4.21. The number of anilines is 2. The lowest BCUT2D eigenvalue weighted by Crippen LogP contribution is -2.16. The van der Waals surface area contributed by atoms with Crippen LogP contribution in [0.3, 0.4) is 0 Å². The number of hydrogen-bond donors (Lipinski definition) is 4. The third kappa shape index (κ3) is 6.42. The molecule has 1 aliphatic rings. The van der Waals surface area contributed by atoms with Gasteiger partial charge in [0.05, 0.1) is 21.3 Å². The number of thioether (sulfide) groups is 2. The van der Waals surface area contributed by atoms with Gasteiger partial charge in [-0.2, -0.15) is 0 Å². The second-order valence-electron chi connectivity index (χ2n) is 8.98. The van der Waals surface area contributed by atoms with Crippen molar-refractivity contribution in [3.63, 3.8) is 0 Å². The summed E-state index contributed by atoms with van der Waals surface area (Å²) in [5.41, 5.74) is 1.98. The highest BCUT2D eigenvalue weighted by molar-refractivity contribution is 8.00. The minimum atomic E-state index is -3.92. The number of benzene rings is 2. The van der Waals surface area contributed by atoms with Gasteiger partial charge in [-0.3, -0.25) is 19.2 Å². The molecule has 0 saturated heterocycles. The number of aromatic nitrogens is 4. The molecule has 15 heteroatoms. The van der Waals surface area contributed by atoms with Gasteiger partial charge in [0.1, 0.15) is 0 Å². The number of rotatable bonds is 8. The van der Waals surface area contributed by atoms with E-state index in [1.54, 1.807) is 38.1 Å². The van der Waals surface area contributed by atoms with Crippen LogP contribution >= 0.6 is 23.5 Å². The lowest BCUT2D eigenvalue weighted by molar-refractivity contribution is -0.114. The molecular formula is C26H22N6O6S3. The van der Waals surface area contributed by atoms with Crippen LogP contribution < -0.4 is 21.8 Å². The normalized spacial score (nSPS) is 12.8. The minimum absolute atomic E-state index is 0.0381. The number of carbonyl (C=O) groups is 2. The van der Waals surface area contributed by atoms with Crippen LogP contribution in [0.25, 0.3) is 11.1 Å². The fraction of sp³-hybridized carbons (Fsp3) is 0.154. The molecule has 210 valence electrons. The summed E-state index contributed by atoms with van der Waals surface area (Å²) in [5, 5.41) is 5.97. The summed E-state index contributed by atoms with van der Waals surface area (Å²) in [7, 11) is -3.92. The van der Waals surface area contributed by atoms with Crippen molar-refractivity contribution in [1.29, 1.82) is 0 Å². The van der Waals surface area contributed by atoms with Crippen molar-refractivity contribution in [1.82, 2.24) is 19.9 Å². The fourth-order valence-electron chi connectivity index (χ4n) is 4.11. The third-order valence-corrected chi connectivity index (χ3v) is 9.36. The zero-order chi connectivity index (χ0) is 29.3. The first kappa shape index (κ1) is 28.3. The first-order valence-electron chi connectivity index (χ1n) is 12.0. The topological polar surface area (TPSA) is 184 Å². The number of hydrogen-bond acceptors (Lipinski definition) is 10. The van der Waals surface area contributed by atoms with Gasteiger partial charge < -0.3 is 20.6 Å². The number of nitrogens with one attached hydrogen (secondary N) is 4. The summed E-state index contributed by atoms with van der Waals surface area (Å²) >= 11 is 2.10. The van der Waals surface area contributed by atoms with E-state index in [1.807, 2.05) is 0 Å². The van der Waals surface area contributed by atoms with Gasteiger partial charge in [0.15, 0.2) is 10.3 Å². The SMILES string of the molecule is Cc1cc(=O)[nH]c(SCC(=O)Nc2ccc3c(c2)S(=O)(=O)c2cc(NC(=O)CSc4nc(C)cc(=O)[nH]4)ccc2-3)n1. The van der Waals surface area contributed by atoms with E-state index < -0.39 is 21.7 Å². The van der Waals surface area contributed by atoms with Crippen molar-refractivity contribution in [3.8, 4) is 11.1 Å². The quantitative estimate of drug-likeness (QED) is 0.150. The van der Waals surface area contributed by atoms with Crippen molar-refractivity contribution in [2.24, 2.45) is 0 Å². The van der Waals surface area contributed by atoms with Gasteiger partial charge in [-0.25, -0.2) is 18.4 Å². The number of aryl methyl sites for hydroxylation is 2. The predicted molar refractivity (Wildman–Crippen MR) is 155 cm³/mol. The van der Waals surface area contributed by atoms with E-state index in [1.165, 1.54) is 24.3 Å². The minimum Gasteiger partial charge on any atom is -0.325 e. The molecule has 12 nitrogen and oxygen atoms in total. The molecule has 3 heterocycles. The van der Waals surface area contributed by atoms with Crippen LogP contribution in [0.15, 0.2) is 78.2 Å². The van der Waals surface area contributed by atoms with Gasteiger partial charge in [-0.15, -0.1) is 0 Å². The highest BCUT2D eigenvalue weighted by atomic mass is 32.2. The number of sulfone groups is 1. The summed E-state index contributed by atoms with van der Waals surface area (Å²) in [5.74, 6) is -0.901. The molecule has 0 fully saturated rings. The molecule has 4 N–H and O–H groups in total. The Morgan fingerprint density at radius 1 is 0.732 bits per heavy atom. The Kier molecular flexibility index (Phi) is 7.84. The first-order chi connectivity index (χ1) is 19.5. The molecule has 0 radical (unpaired) electrons. The summed E-state index contributed by atoms with van der Waals surface area (Å²) in [4.78, 5) is 61.7. The van der Waals surface area contributed by atoms with Crippen molar-refractivity contribution in [3.05, 3.63) is 80.6 Å². The van der Waals surface area contributed by atoms with E-state index in [2.05, 4.69) is 30.6 Å². The Balaban J connectivity index is 1.26. The van der Waals surface area contributed by atoms with Gasteiger partial charge in [-0.05, 0) is 38.1 Å². The monoisotopic (exact) mass is 610 g/mol. The average Bonchev–Trinajstić information content (AvgIpc) is 3.11. The maximum Gasteiger partial charge on any atom is 0.251 e. The van der Waals surface area contributed by atoms with Gasteiger partial charge in [-0.1, -0.05) is 35.7 Å². The standard InChI is InChI=1S/C26H22N6O6S3/c1-13-7-21(33)31-25(27-13)39-11-23(35)29-15-3-5-17-18-6-4-16(10-20(18)41(37,38)19(17)9-15)30-24(36)12-40-26-28-14(2)8-22(34)32-26/h3-10H,11-12H2,1-2H3,(H,29,35)(H,30,36)(H,27,31,33)(H,28,32,34). The molecule has 2 aromatic carbocycles. The van der Waals surface area contributed by atoms with Crippen molar-refractivity contribution in [2.45, 2.75) is 34.0 Å². The molecule has 41 heavy (non-hydrogen) atoms. The highest BCUT2D eigenvalue weighted by Crippen LogP contribution is 2.45. The van der Waals surface area contributed by atoms with Crippen molar-refractivity contribution in [2.75, 3.05) is 22.1 Å². The fourth-order valence-corrected chi connectivity index (χ4v) is 7.29. The number of carbonyl (C=O) groups excluding carboxylic acids is 2.